The van der Waals surface area contributed by atoms with Gasteiger partial charge in [0.15, 0.2) is 0 Å². The number of likely N-dealkylation sites (N-methyl/N-ethyl adjacent to an activating group) is 1. The molecule has 18 heavy (non-hydrogen) atoms. The zero-order valence-corrected chi connectivity index (χ0v) is 12.2. The molecule has 0 radical (unpaired) electrons. The first kappa shape index (κ1) is 13.6. The smallest absolute Gasteiger partial charge is 0.252 e. The summed E-state index contributed by atoms with van der Waals surface area (Å²) in [5, 5.41) is 9.94. The van der Waals surface area contributed by atoms with Crippen LogP contribution in [0.3, 0.4) is 0 Å². The average Bonchev–Trinajstić information content (AvgIpc) is 2.29. The number of benzene rings is 1. The third-order valence-electron chi connectivity index (χ3n) is 2.57. The topological polar surface area (TPSA) is 43.8 Å². The predicted molar refractivity (Wildman–Crippen MR) is 74.3 cm³/mol. The minimum atomic E-state index is -1.33. The van der Waals surface area contributed by atoms with Gasteiger partial charge in [-0.05, 0) is 40.8 Å². The lowest BCUT2D eigenvalue weighted by molar-refractivity contribution is -0.134. The molecule has 7 heteroatoms. The van der Waals surface area contributed by atoms with E-state index >= 15 is 0 Å². The molecular weight excluding hydrogens is 373 g/mol. The fraction of sp³-hybridized carbons (Fsp3) is 0.182. The molecule has 1 unspecified atom stereocenters. The van der Waals surface area contributed by atoms with E-state index in [1.807, 2.05) is 22.6 Å². The largest absolute Gasteiger partial charge is 0.356 e. The number of carbonyl (C=O) groups is 1. The molecule has 0 spiro atoms. The summed E-state index contributed by atoms with van der Waals surface area (Å²) in [6, 6.07) is 4.51. The van der Waals surface area contributed by atoms with Gasteiger partial charge in [0.1, 0.15) is 11.0 Å². The van der Waals surface area contributed by atoms with Crippen LogP contribution < -0.4 is 4.90 Å². The van der Waals surface area contributed by atoms with Gasteiger partial charge in [-0.15, -0.1) is 0 Å². The molecular formula is C11H9ClFIN2O2. The zero-order valence-electron chi connectivity index (χ0n) is 9.27. The molecule has 1 atom stereocenters. The van der Waals surface area contributed by atoms with E-state index < -0.39 is 18.1 Å². The van der Waals surface area contributed by atoms with Crippen molar-refractivity contribution in [3.05, 3.63) is 38.8 Å². The molecule has 0 saturated heterocycles. The van der Waals surface area contributed by atoms with Crippen molar-refractivity contribution < 1.29 is 14.3 Å². The third-order valence-corrected chi connectivity index (χ3v) is 3.53. The van der Waals surface area contributed by atoms with Crippen LogP contribution in [0.4, 0.5) is 10.1 Å². The van der Waals surface area contributed by atoms with E-state index in [9.17, 15) is 14.3 Å². The highest BCUT2D eigenvalue weighted by molar-refractivity contribution is 14.1. The maximum atomic E-state index is 13.9. The number of amides is 1. The van der Waals surface area contributed by atoms with E-state index in [1.165, 1.54) is 19.2 Å². The number of aliphatic hydroxyl groups excluding tert-OH is 1. The molecule has 1 heterocycles. The van der Waals surface area contributed by atoms with Crippen molar-refractivity contribution in [1.29, 1.82) is 0 Å². The maximum absolute atomic E-state index is 13.9. The van der Waals surface area contributed by atoms with Gasteiger partial charge < -0.3 is 5.11 Å². The van der Waals surface area contributed by atoms with Gasteiger partial charge in [0.05, 0.1) is 5.69 Å². The minimum absolute atomic E-state index is 0.0225. The average molecular weight is 383 g/mol. The van der Waals surface area contributed by atoms with Crippen molar-refractivity contribution in [2.45, 2.75) is 6.35 Å². The summed E-state index contributed by atoms with van der Waals surface area (Å²) < 4.78 is 14.6. The fourth-order valence-electron chi connectivity index (χ4n) is 1.59. The van der Waals surface area contributed by atoms with E-state index in [1.54, 1.807) is 6.07 Å². The fourth-order valence-corrected chi connectivity index (χ4v) is 2.31. The normalized spacial score (nSPS) is 20.2. The number of halogens is 3. The minimum Gasteiger partial charge on any atom is -0.356 e. The quantitative estimate of drug-likeness (QED) is 0.597. The molecule has 1 amide bonds. The monoisotopic (exact) mass is 382 g/mol. The van der Waals surface area contributed by atoms with E-state index in [0.717, 1.165) is 19.4 Å². The van der Waals surface area contributed by atoms with Gasteiger partial charge in [0, 0.05) is 16.7 Å². The van der Waals surface area contributed by atoms with Gasteiger partial charge >= 0.3 is 0 Å². The van der Waals surface area contributed by atoms with E-state index in [-0.39, 0.29) is 10.8 Å². The summed E-state index contributed by atoms with van der Waals surface area (Å²) in [6.45, 7) is 0. The second-order valence-electron chi connectivity index (χ2n) is 3.73. The lowest BCUT2D eigenvalue weighted by Crippen LogP contribution is -2.51. The van der Waals surface area contributed by atoms with Gasteiger partial charge in [0.2, 0.25) is 6.35 Å². The molecule has 1 aromatic rings. The Morgan fingerprint density at radius 2 is 2.17 bits per heavy atom. The molecule has 1 aromatic carbocycles. The highest BCUT2D eigenvalue weighted by Crippen LogP contribution is 2.30. The molecule has 0 saturated carbocycles. The predicted octanol–water partition coefficient (Wildman–Crippen LogP) is 2.06. The van der Waals surface area contributed by atoms with Crippen LogP contribution in [0.2, 0.25) is 0 Å². The second-order valence-corrected chi connectivity index (χ2v) is 5.36. The number of rotatable bonds is 1. The van der Waals surface area contributed by atoms with Crippen molar-refractivity contribution in [2.24, 2.45) is 0 Å². The Kier molecular flexibility index (Phi) is 3.79. The van der Waals surface area contributed by atoms with Crippen LogP contribution in [0.1, 0.15) is 0 Å². The van der Waals surface area contributed by atoms with Crippen LogP contribution in [0, 0.1) is 9.39 Å². The summed E-state index contributed by atoms with van der Waals surface area (Å²) in [5.74, 6) is -0.954. The standard InChI is InChI=1S/C11H9ClFIN2O2/c1-15-10(17)5-9(12)16(11(15)18)8-3-2-6(14)4-7(8)13/h2-5,11,18H,1H3. The van der Waals surface area contributed by atoms with Gasteiger partial charge in [-0.3, -0.25) is 14.6 Å². The van der Waals surface area contributed by atoms with Crippen molar-refractivity contribution in [3.63, 3.8) is 0 Å². The molecule has 1 aliphatic rings. The Labute approximate surface area is 122 Å². The van der Waals surface area contributed by atoms with Crippen molar-refractivity contribution in [2.75, 3.05) is 11.9 Å². The van der Waals surface area contributed by atoms with Crippen LogP contribution in [0.25, 0.3) is 0 Å². The number of nitrogens with zero attached hydrogens (tertiary/aromatic N) is 2. The van der Waals surface area contributed by atoms with Gasteiger partial charge in [0.25, 0.3) is 5.91 Å². The van der Waals surface area contributed by atoms with Gasteiger partial charge in [-0.2, -0.15) is 0 Å². The van der Waals surface area contributed by atoms with Crippen LogP contribution in [0.5, 0.6) is 0 Å². The maximum Gasteiger partial charge on any atom is 0.252 e. The third kappa shape index (κ3) is 2.32. The van der Waals surface area contributed by atoms with Crippen molar-refractivity contribution >= 4 is 45.8 Å². The molecule has 0 fully saturated rings. The van der Waals surface area contributed by atoms with Crippen molar-refractivity contribution in [1.82, 2.24) is 4.90 Å². The van der Waals surface area contributed by atoms with E-state index in [2.05, 4.69) is 0 Å². The molecule has 0 aromatic heterocycles. The molecule has 96 valence electrons. The van der Waals surface area contributed by atoms with E-state index in [0.29, 0.717) is 0 Å². The first-order chi connectivity index (χ1) is 8.41. The summed E-state index contributed by atoms with van der Waals surface area (Å²) in [5.41, 5.74) is 0.114. The number of anilines is 1. The number of carbonyl (C=O) groups excluding carboxylic acids is 1. The van der Waals surface area contributed by atoms with Gasteiger partial charge in [-0.25, -0.2) is 4.39 Å². The van der Waals surface area contributed by atoms with E-state index in [4.69, 9.17) is 11.6 Å². The Hall–Kier alpha value is -0.860. The lowest BCUT2D eigenvalue weighted by Gasteiger charge is -2.37. The van der Waals surface area contributed by atoms with Crippen LogP contribution in [-0.2, 0) is 4.79 Å². The molecule has 1 N–H and O–H groups in total. The Bertz CT molecular complexity index is 538. The van der Waals surface area contributed by atoms with Gasteiger partial charge in [-0.1, -0.05) is 11.6 Å². The molecule has 1 aliphatic heterocycles. The summed E-state index contributed by atoms with van der Waals surface area (Å²) in [7, 11) is 1.41. The summed E-state index contributed by atoms with van der Waals surface area (Å²) in [6.07, 6.45) is -0.198. The summed E-state index contributed by atoms with van der Waals surface area (Å²) in [4.78, 5) is 13.6. The van der Waals surface area contributed by atoms with Crippen LogP contribution in [0.15, 0.2) is 29.4 Å². The first-order valence-electron chi connectivity index (χ1n) is 4.98. The Morgan fingerprint density at radius 1 is 1.50 bits per heavy atom. The zero-order chi connectivity index (χ0) is 13.4. The Morgan fingerprint density at radius 3 is 2.78 bits per heavy atom. The lowest BCUT2D eigenvalue weighted by atomic mass is 10.2. The molecule has 0 aliphatic carbocycles. The number of hydrogen-bond donors (Lipinski definition) is 1. The highest BCUT2D eigenvalue weighted by atomic mass is 127. The molecule has 0 bridgehead atoms. The highest BCUT2D eigenvalue weighted by Gasteiger charge is 2.32. The Balaban J connectivity index is 2.49. The van der Waals surface area contributed by atoms with Crippen LogP contribution >= 0.6 is 34.2 Å². The number of aliphatic hydroxyl groups is 1. The van der Waals surface area contributed by atoms with Crippen LogP contribution in [-0.4, -0.2) is 29.3 Å². The SMILES string of the molecule is CN1C(=O)C=C(Cl)N(c2ccc(I)cc2F)C1O. The molecule has 2 rings (SSSR count). The summed E-state index contributed by atoms with van der Waals surface area (Å²) >= 11 is 7.87. The first-order valence-corrected chi connectivity index (χ1v) is 6.44. The second kappa shape index (κ2) is 5.02. The molecule has 4 nitrogen and oxygen atoms in total. The van der Waals surface area contributed by atoms with Crippen molar-refractivity contribution in [3.8, 4) is 0 Å². The number of hydrogen-bond acceptors (Lipinski definition) is 3.